The maximum absolute atomic E-state index is 10.9. The molecule has 0 aliphatic rings. The number of nitrogens with zero attached hydrogens (tertiary/aromatic N) is 2. The molecule has 2 aromatic heterocycles. The highest BCUT2D eigenvalue weighted by molar-refractivity contribution is 5.95. The van der Waals surface area contributed by atoms with E-state index in [-0.39, 0.29) is 5.56 Å². The summed E-state index contributed by atoms with van der Waals surface area (Å²) in [5, 5.41) is 9.66. The number of carbonyl (C=O) groups is 1. The first kappa shape index (κ1) is 9.33. The van der Waals surface area contributed by atoms with Gasteiger partial charge in [-0.3, -0.25) is 0 Å². The largest absolute Gasteiger partial charge is 0.478 e. The van der Waals surface area contributed by atoms with Gasteiger partial charge in [-0.1, -0.05) is 6.58 Å². The van der Waals surface area contributed by atoms with E-state index in [4.69, 9.17) is 5.11 Å². The highest BCUT2D eigenvalue weighted by atomic mass is 16.4. The molecule has 0 saturated carbocycles. The van der Waals surface area contributed by atoms with Crippen LogP contribution in [0.4, 0.5) is 0 Å². The van der Waals surface area contributed by atoms with Crippen molar-refractivity contribution in [3.63, 3.8) is 0 Å². The summed E-state index contributed by atoms with van der Waals surface area (Å²) in [6.45, 7) is 3.53. The zero-order chi connectivity index (χ0) is 10.8. The van der Waals surface area contributed by atoms with Crippen molar-refractivity contribution in [1.82, 2.24) is 9.97 Å². The molecule has 0 spiro atoms. The number of pyridine rings is 2. The van der Waals surface area contributed by atoms with Crippen LogP contribution in [-0.2, 0) is 0 Å². The van der Waals surface area contributed by atoms with Crippen molar-refractivity contribution in [2.24, 2.45) is 0 Å². The van der Waals surface area contributed by atoms with E-state index >= 15 is 0 Å². The molecule has 2 aromatic rings. The predicted octanol–water partition coefficient (Wildman–Crippen LogP) is 1.97. The highest BCUT2D eigenvalue weighted by Gasteiger charge is 2.10. The Hall–Kier alpha value is -2.23. The standard InChI is InChI=1S/C11H8N2O2/c1-2-9-8(11(14)15)6-7-4-3-5-12-10(7)13-9/h2-6H,1H2,(H,14,15). The van der Waals surface area contributed by atoms with Crippen LogP contribution in [-0.4, -0.2) is 21.0 Å². The molecular weight excluding hydrogens is 192 g/mol. The molecule has 15 heavy (non-hydrogen) atoms. The molecule has 0 radical (unpaired) electrons. The Balaban J connectivity index is 2.80. The van der Waals surface area contributed by atoms with Gasteiger partial charge in [-0.15, -0.1) is 0 Å². The Morgan fingerprint density at radius 2 is 2.33 bits per heavy atom. The van der Waals surface area contributed by atoms with Crippen molar-refractivity contribution in [3.05, 3.63) is 42.2 Å². The lowest BCUT2D eigenvalue weighted by Crippen LogP contribution is -2.02. The van der Waals surface area contributed by atoms with Gasteiger partial charge in [0, 0.05) is 11.6 Å². The fraction of sp³-hybridized carbons (Fsp3) is 0. The predicted molar refractivity (Wildman–Crippen MR) is 56.6 cm³/mol. The Labute approximate surface area is 85.9 Å². The average Bonchev–Trinajstić information content (AvgIpc) is 2.27. The second-order valence-corrected chi connectivity index (χ2v) is 2.98. The van der Waals surface area contributed by atoms with Crippen molar-refractivity contribution >= 4 is 23.1 Å². The fourth-order valence-electron chi connectivity index (χ4n) is 1.35. The number of rotatable bonds is 2. The maximum Gasteiger partial charge on any atom is 0.337 e. The van der Waals surface area contributed by atoms with E-state index in [1.807, 2.05) is 0 Å². The molecule has 2 heterocycles. The number of carboxylic acids is 1. The van der Waals surface area contributed by atoms with Crippen molar-refractivity contribution in [1.29, 1.82) is 0 Å². The van der Waals surface area contributed by atoms with Crippen molar-refractivity contribution < 1.29 is 9.90 Å². The Kier molecular flexibility index (Phi) is 2.17. The molecule has 1 N–H and O–H groups in total. The van der Waals surface area contributed by atoms with Crippen LogP contribution in [0.1, 0.15) is 16.1 Å². The first-order valence-electron chi connectivity index (χ1n) is 4.34. The maximum atomic E-state index is 10.9. The van der Waals surface area contributed by atoms with Gasteiger partial charge in [0.15, 0.2) is 5.65 Å². The third kappa shape index (κ3) is 1.57. The quantitative estimate of drug-likeness (QED) is 0.804. The van der Waals surface area contributed by atoms with E-state index in [9.17, 15) is 4.79 Å². The van der Waals surface area contributed by atoms with E-state index in [0.717, 1.165) is 0 Å². The molecule has 4 nitrogen and oxygen atoms in total. The molecule has 74 valence electrons. The van der Waals surface area contributed by atoms with Crippen LogP contribution in [0.5, 0.6) is 0 Å². The summed E-state index contributed by atoms with van der Waals surface area (Å²) in [5.41, 5.74) is 1.01. The Morgan fingerprint density at radius 1 is 1.53 bits per heavy atom. The highest BCUT2D eigenvalue weighted by Crippen LogP contribution is 2.15. The molecule has 4 heteroatoms. The third-order valence-corrected chi connectivity index (χ3v) is 2.04. The van der Waals surface area contributed by atoms with Gasteiger partial charge in [-0.2, -0.15) is 0 Å². The Bertz CT molecular complexity index is 549. The van der Waals surface area contributed by atoms with Crippen LogP contribution < -0.4 is 0 Å². The van der Waals surface area contributed by atoms with Gasteiger partial charge in [-0.25, -0.2) is 14.8 Å². The average molecular weight is 200 g/mol. The fourth-order valence-corrected chi connectivity index (χ4v) is 1.35. The van der Waals surface area contributed by atoms with Crippen LogP contribution in [0.2, 0.25) is 0 Å². The van der Waals surface area contributed by atoms with Gasteiger partial charge < -0.3 is 5.11 Å². The zero-order valence-corrected chi connectivity index (χ0v) is 7.84. The smallest absolute Gasteiger partial charge is 0.337 e. The summed E-state index contributed by atoms with van der Waals surface area (Å²) in [6.07, 6.45) is 3.03. The monoisotopic (exact) mass is 200 g/mol. The van der Waals surface area contributed by atoms with E-state index in [1.54, 1.807) is 24.4 Å². The number of aromatic carboxylic acids is 1. The van der Waals surface area contributed by atoms with Gasteiger partial charge in [-0.05, 0) is 24.3 Å². The normalized spacial score (nSPS) is 10.1. The molecule has 0 atom stereocenters. The van der Waals surface area contributed by atoms with Gasteiger partial charge >= 0.3 is 5.97 Å². The van der Waals surface area contributed by atoms with Gasteiger partial charge in [0.25, 0.3) is 0 Å². The zero-order valence-electron chi connectivity index (χ0n) is 7.84. The van der Waals surface area contributed by atoms with E-state index in [1.165, 1.54) is 6.08 Å². The number of aromatic nitrogens is 2. The summed E-state index contributed by atoms with van der Waals surface area (Å²) in [7, 11) is 0. The van der Waals surface area contributed by atoms with Crippen molar-refractivity contribution in [2.75, 3.05) is 0 Å². The van der Waals surface area contributed by atoms with Crippen molar-refractivity contribution in [2.45, 2.75) is 0 Å². The molecule has 0 aromatic carbocycles. The van der Waals surface area contributed by atoms with Crippen LogP contribution in [0.25, 0.3) is 17.1 Å². The second kappa shape index (κ2) is 3.49. The molecule has 0 fully saturated rings. The molecule has 2 rings (SSSR count). The third-order valence-electron chi connectivity index (χ3n) is 2.04. The van der Waals surface area contributed by atoms with Gasteiger partial charge in [0.1, 0.15) is 0 Å². The molecule has 0 saturated heterocycles. The summed E-state index contributed by atoms with van der Waals surface area (Å²) in [6, 6.07) is 5.06. The number of hydrogen-bond donors (Lipinski definition) is 1. The first-order valence-corrected chi connectivity index (χ1v) is 4.34. The van der Waals surface area contributed by atoms with Gasteiger partial charge in [0.2, 0.25) is 0 Å². The molecule has 0 amide bonds. The minimum atomic E-state index is -1.01. The second-order valence-electron chi connectivity index (χ2n) is 2.98. The lowest BCUT2D eigenvalue weighted by atomic mass is 10.1. The lowest BCUT2D eigenvalue weighted by molar-refractivity contribution is 0.0696. The SMILES string of the molecule is C=Cc1nc2ncccc2cc1C(=O)O. The van der Waals surface area contributed by atoms with Gasteiger partial charge in [0.05, 0.1) is 11.3 Å². The summed E-state index contributed by atoms with van der Waals surface area (Å²) in [5.74, 6) is -1.01. The molecule has 0 bridgehead atoms. The van der Waals surface area contributed by atoms with Crippen molar-refractivity contribution in [3.8, 4) is 0 Å². The lowest BCUT2D eigenvalue weighted by Gasteiger charge is -2.02. The van der Waals surface area contributed by atoms with E-state index in [2.05, 4.69) is 16.5 Å². The molecule has 0 unspecified atom stereocenters. The van der Waals surface area contributed by atoms with Crippen LogP contribution in [0.3, 0.4) is 0 Å². The van der Waals surface area contributed by atoms with Crippen LogP contribution in [0, 0.1) is 0 Å². The summed E-state index contributed by atoms with van der Waals surface area (Å²) < 4.78 is 0. The molecular formula is C11H8N2O2. The van der Waals surface area contributed by atoms with Crippen LogP contribution in [0.15, 0.2) is 31.0 Å². The van der Waals surface area contributed by atoms with Crippen LogP contribution >= 0.6 is 0 Å². The van der Waals surface area contributed by atoms with E-state index in [0.29, 0.717) is 16.7 Å². The summed E-state index contributed by atoms with van der Waals surface area (Å²) in [4.78, 5) is 19.1. The minimum Gasteiger partial charge on any atom is -0.478 e. The summed E-state index contributed by atoms with van der Waals surface area (Å²) >= 11 is 0. The van der Waals surface area contributed by atoms with E-state index < -0.39 is 5.97 Å². The minimum absolute atomic E-state index is 0.144. The number of fused-ring (bicyclic) bond motifs is 1. The number of hydrogen-bond acceptors (Lipinski definition) is 3. The number of carboxylic acid groups (broad SMARTS) is 1. The Morgan fingerprint density at radius 3 is 3.00 bits per heavy atom. The molecule has 0 aliphatic heterocycles. The molecule has 0 aliphatic carbocycles. The topological polar surface area (TPSA) is 63.1 Å². The first-order chi connectivity index (χ1) is 7.22.